The van der Waals surface area contributed by atoms with E-state index < -0.39 is 10.3 Å². The van der Waals surface area contributed by atoms with E-state index in [1.807, 2.05) is 6.92 Å². The molecule has 0 aromatic carbocycles. The molecule has 0 fully saturated rings. The Morgan fingerprint density at radius 1 is 1.39 bits per heavy atom. The minimum Gasteiger partial charge on any atom is -0.469 e. The van der Waals surface area contributed by atoms with Gasteiger partial charge in [-0.15, -0.1) is 0 Å². The molecule has 5 nitrogen and oxygen atoms in total. The van der Waals surface area contributed by atoms with Crippen LogP contribution < -0.4 is 0 Å². The summed E-state index contributed by atoms with van der Waals surface area (Å²) < 4.78 is 4.71. The minimum atomic E-state index is -0.621. The smallest absolute Gasteiger partial charge is 0.311 e. The van der Waals surface area contributed by atoms with E-state index in [2.05, 4.69) is 0 Å². The molecule has 0 atom stereocenters. The Labute approximate surface area is 108 Å². The fraction of sp³-hybridized carbons (Fsp3) is 0.615. The minimum absolute atomic E-state index is 0.158. The van der Waals surface area contributed by atoms with E-state index in [9.17, 15) is 14.9 Å². The Kier molecular flexibility index (Phi) is 6.30. The van der Waals surface area contributed by atoms with Gasteiger partial charge in [-0.25, -0.2) is 0 Å². The Balaban J connectivity index is 4.82. The van der Waals surface area contributed by atoms with Crippen LogP contribution in [-0.2, 0) is 9.53 Å². The van der Waals surface area contributed by atoms with Crippen LogP contribution in [0.5, 0.6) is 0 Å². The molecular formula is C13H21NO4. The average molecular weight is 255 g/mol. The third-order valence-corrected chi connectivity index (χ3v) is 2.62. The number of esters is 1. The lowest BCUT2D eigenvalue weighted by molar-refractivity contribution is -0.427. The van der Waals surface area contributed by atoms with Gasteiger partial charge in [-0.1, -0.05) is 18.6 Å². The van der Waals surface area contributed by atoms with Crippen LogP contribution in [0.1, 0.15) is 40.5 Å². The van der Waals surface area contributed by atoms with Crippen LogP contribution in [0.3, 0.4) is 0 Å². The number of nitrogens with zero attached hydrogens (tertiary/aromatic N) is 1. The fourth-order valence-corrected chi connectivity index (χ4v) is 1.65. The molecule has 0 aromatic heterocycles. The van der Waals surface area contributed by atoms with Gasteiger partial charge in [-0.2, -0.15) is 0 Å². The van der Waals surface area contributed by atoms with Crippen molar-refractivity contribution in [2.24, 2.45) is 5.41 Å². The van der Waals surface area contributed by atoms with Crippen molar-refractivity contribution in [2.75, 3.05) is 7.11 Å². The van der Waals surface area contributed by atoms with Gasteiger partial charge in [-0.3, -0.25) is 14.9 Å². The van der Waals surface area contributed by atoms with Gasteiger partial charge in [-0.05, 0) is 27.2 Å². The maximum Gasteiger partial charge on any atom is 0.311 e. The monoisotopic (exact) mass is 255 g/mol. The molecule has 102 valence electrons. The van der Waals surface area contributed by atoms with Gasteiger partial charge in [0, 0.05) is 12.5 Å². The summed E-state index contributed by atoms with van der Waals surface area (Å²) >= 11 is 0. The molecule has 0 amide bonds. The molecule has 0 aliphatic rings. The van der Waals surface area contributed by atoms with Crippen molar-refractivity contribution in [1.82, 2.24) is 0 Å². The average Bonchev–Trinajstić information content (AvgIpc) is 2.27. The van der Waals surface area contributed by atoms with Crippen LogP contribution in [-0.4, -0.2) is 18.0 Å². The van der Waals surface area contributed by atoms with Gasteiger partial charge in [0.25, 0.3) is 0 Å². The summed E-state index contributed by atoms with van der Waals surface area (Å²) in [5.74, 6) is -0.288. The molecule has 0 bridgehead atoms. The van der Waals surface area contributed by atoms with Gasteiger partial charge in [0.15, 0.2) is 0 Å². The van der Waals surface area contributed by atoms with E-state index in [1.165, 1.54) is 13.2 Å². The van der Waals surface area contributed by atoms with E-state index in [0.29, 0.717) is 12.8 Å². The molecule has 0 aliphatic heterocycles. The van der Waals surface area contributed by atoms with E-state index in [1.54, 1.807) is 26.8 Å². The maximum atomic E-state index is 11.5. The quantitative estimate of drug-likeness (QED) is 0.316. The number of carbonyl (C=O) groups excluding carboxylic acids is 1. The van der Waals surface area contributed by atoms with E-state index >= 15 is 0 Å². The molecule has 0 aromatic rings. The molecule has 0 aliphatic carbocycles. The normalized spacial score (nSPS) is 13.4. The number of carbonyl (C=O) groups is 1. The van der Waals surface area contributed by atoms with E-state index in [-0.39, 0.29) is 11.7 Å². The zero-order chi connectivity index (χ0) is 14.3. The molecule has 0 saturated heterocycles. The second-order valence-corrected chi connectivity index (χ2v) is 4.83. The maximum absolute atomic E-state index is 11.5. The van der Waals surface area contributed by atoms with Crippen molar-refractivity contribution in [3.63, 3.8) is 0 Å². The summed E-state index contributed by atoms with van der Waals surface area (Å²) in [5.41, 5.74) is 0.438. The Morgan fingerprint density at radius 3 is 2.33 bits per heavy atom. The first kappa shape index (κ1) is 16.4. The van der Waals surface area contributed by atoms with Crippen LogP contribution in [0, 0.1) is 15.5 Å². The molecular weight excluding hydrogens is 234 g/mol. The highest BCUT2D eigenvalue weighted by molar-refractivity contribution is 5.76. The van der Waals surface area contributed by atoms with Gasteiger partial charge >= 0.3 is 5.97 Å². The standard InChI is InChI=1S/C13H21NO4/c1-6-11(14(16)17)8-7-10(2)9-13(3,4)12(15)18-5/h7-8H,6,9H2,1-5H3/b10-7+,11-8+. The molecule has 0 rings (SSSR count). The van der Waals surface area contributed by atoms with Crippen LogP contribution in [0.4, 0.5) is 0 Å². The molecule has 0 radical (unpaired) electrons. The van der Waals surface area contributed by atoms with Crippen molar-refractivity contribution >= 4 is 5.97 Å². The summed E-state index contributed by atoms with van der Waals surface area (Å²) in [4.78, 5) is 21.7. The largest absolute Gasteiger partial charge is 0.469 e. The zero-order valence-corrected chi connectivity index (χ0v) is 11.6. The lowest BCUT2D eigenvalue weighted by Gasteiger charge is -2.21. The highest BCUT2D eigenvalue weighted by Gasteiger charge is 2.28. The van der Waals surface area contributed by atoms with Crippen molar-refractivity contribution in [2.45, 2.75) is 40.5 Å². The summed E-state index contributed by atoms with van der Waals surface area (Å²) in [6.07, 6.45) is 4.05. The zero-order valence-electron chi connectivity index (χ0n) is 11.6. The van der Waals surface area contributed by atoms with Crippen molar-refractivity contribution in [3.8, 4) is 0 Å². The van der Waals surface area contributed by atoms with Crippen molar-refractivity contribution in [3.05, 3.63) is 33.5 Å². The number of nitro groups is 1. The first-order chi connectivity index (χ1) is 8.24. The van der Waals surface area contributed by atoms with Crippen LogP contribution in [0.2, 0.25) is 0 Å². The van der Waals surface area contributed by atoms with Crippen LogP contribution in [0.25, 0.3) is 0 Å². The number of allylic oxidation sites excluding steroid dienone is 4. The Hall–Kier alpha value is -1.65. The Bertz CT molecular complexity index is 380. The topological polar surface area (TPSA) is 69.4 Å². The third kappa shape index (κ3) is 5.12. The first-order valence-electron chi connectivity index (χ1n) is 5.83. The molecule has 0 N–H and O–H groups in total. The first-order valence-corrected chi connectivity index (χ1v) is 5.83. The second-order valence-electron chi connectivity index (χ2n) is 4.83. The van der Waals surface area contributed by atoms with Crippen molar-refractivity contribution in [1.29, 1.82) is 0 Å². The highest BCUT2D eigenvalue weighted by Crippen LogP contribution is 2.26. The van der Waals surface area contributed by atoms with Crippen LogP contribution in [0.15, 0.2) is 23.4 Å². The second kappa shape index (κ2) is 6.93. The summed E-state index contributed by atoms with van der Waals surface area (Å²) in [5, 5.41) is 10.6. The predicted octanol–water partition coefficient (Wildman–Crippen LogP) is 3.09. The molecule has 5 heteroatoms. The van der Waals surface area contributed by atoms with Gasteiger partial charge in [0.2, 0.25) is 5.70 Å². The van der Waals surface area contributed by atoms with Crippen LogP contribution >= 0.6 is 0 Å². The number of hydrogen-bond donors (Lipinski definition) is 0. The van der Waals surface area contributed by atoms with E-state index in [0.717, 1.165) is 5.57 Å². The number of rotatable bonds is 6. The SMILES string of the molecule is CC/C(=C\C=C(/C)CC(C)(C)C(=O)OC)[N+](=O)[O-]. The van der Waals surface area contributed by atoms with E-state index in [4.69, 9.17) is 4.74 Å². The molecule has 0 heterocycles. The number of hydrogen-bond acceptors (Lipinski definition) is 4. The lowest BCUT2D eigenvalue weighted by atomic mass is 9.86. The molecule has 0 saturated carbocycles. The van der Waals surface area contributed by atoms with Gasteiger partial charge in [0.05, 0.1) is 17.4 Å². The fourth-order valence-electron chi connectivity index (χ4n) is 1.65. The Morgan fingerprint density at radius 2 is 1.94 bits per heavy atom. The predicted molar refractivity (Wildman–Crippen MR) is 69.5 cm³/mol. The molecule has 18 heavy (non-hydrogen) atoms. The van der Waals surface area contributed by atoms with Crippen molar-refractivity contribution < 1.29 is 14.5 Å². The summed E-state index contributed by atoms with van der Waals surface area (Å²) in [6.45, 7) is 7.15. The van der Waals surface area contributed by atoms with Gasteiger partial charge < -0.3 is 4.74 Å². The number of methoxy groups -OCH3 is 1. The summed E-state index contributed by atoms with van der Waals surface area (Å²) in [6, 6.07) is 0. The third-order valence-electron chi connectivity index (χ3n) is 2.62. The lowest BCUT2D eigenvalue weighted by Crippen LogP contribution is -2.25. The molecule has 0 unspecified atom stereocenters. The molecule has 0 spiro atoms. The number of ether oxygens (including phenoxy) is 1. The summed E-state index contributed by atoms with van der Waals surface area (Å²) in [7, 11) is 1.35. The highest BCUT2D eigenvalue weighted by atomic mass is 16.6. The van der Waals surface area contributed by atoms with Gasteiger partial charge in [0.1, 0.15) is 0 Å².